The van der Waals surface area contributed by atoms with Gasteiger partial charge in [0.15, 0.2) is 17.7 Å². The van der Waals surface area contributed by atoms with Gasteiger partial charge in [0.2, 0.25) is 29.5 Å². The average molecular weight is 1060 g/mol. The fourth-order valence-corrected chi connectivity index (χ4v) is 8.88. The summed E-state index contributed by atoms with van der Waals surface area (Å²) in [6.45, 7) is -0.115. The standard InChI is InChI=1S/C54H73N13O10/c55-39(19-12-24-62-54(58)59)49(72)66-43-29-47(70)60-22-10-9-21-41(52(75)76)64-48(71)36(26-37-30-63-40-20-8-7-18-38(37)40)28-45(68)35(17-11-23-61-53(56)57)27-46(69)42(25-33-13-3-1-4-14-33)65-51(74)44(67-50(43)73)32-77-31-34-15-5-2-6-16-34/h1-8,13-16,18,20,30,35-36,39,41-44,63H,9-12,17,19,21-29,31-32,55H2,(H,60,70)(H,64,71)(H,65,74)(H,66,72)(H,67,73)(H,75,76)(H4,56,57,61)(H4,58,59,62)/t35-,36-,39+,41+,42-,43+,44+/m1/s1. The number of H-pyrrole nitrogens is 1. The summed E-state index contributed by atoms with van der Waals surface area (Å²) in [5.74, 6) is -8.76. The fraction of sp³-hybridized carbons (Fsp3) is 0.444. The van der Waals surface area contributed by atoms with Crippen LogP contribution in [0.5, 0.6) is 0 Å². The van der Waals surface area contributed by atoms with E-state index in [1.54, 1.807) is 60.8 Å². The number of aromatic amines is 1. The lowest BCUT2D eigenvalue weighted by atomic mass is 9.83. The highest BCUT2D eigenvalue weighted by atomic mass is 16.5. The molecule has 0 bridgehead atoms. The smallest absolute Gasteiger partial charge is 0.326 e. The molecule has 5 amide bonds. The summed E-state index contributed by atoms with van der Waals surface area (Å²) < 4.78 is 5.98. The Hall–Kier alpha value is -8.18. The number of fused-ring (bicyclic) bond motifs is 1. The molecule has 414 valence electrons. The third-order valence-corrected chi connectivity index (χ3v) is 13.1. The molecule has 23 nitrogen and oxygen atoms in total. The molecule has 0 unspecified atom stereocenters. The van der Waals surface area contributed by atoms with E-state index in [1.165, 1.54) is 0 Å². The second-order valence-corrected chi connectivity index (χ2v) is 19.1. The van der Waals surface area contributed by atoms with Gasteiger partial charge in [0.05, 0.1) is 31.7 Å². The molecule has 17 N–H and O–H groups in total. The van der Waals surface area contributed by atoms with Gasteiger partial charge in [0.1, 0.15) is 23.9 Å². The second-order valence-electron chi connectivity index (χ2n) is 19.1. The predicted molar refractivity (Wildman–Crippen MR) is 289 cm³/mol. The number of aliphatic carboxylic acids is 1. The molecule has 7 atom stereocenters. The molecule has 0 spiro atoms. The largest absolute Gasteiger partial charge is 0.480 e. The number of benzene rings is 3. The summed E-state index contributed by atoms with van der Waals surface area (Å²) >= 11 is 0. The number of ketones is 2. The highest BCUT2D eigenvalue weighted by Crippen LogP contribution is 2.26. The van der Waals surface area contributed by atoms with Gasteiger partial charge in [-0.05, 0) is 80.5 Å². The number of carbonyl (C=O) groups excluding carboxylic acids is 7. The SMILES string of the molecule is NC(N)=NCCC[C@@H]1CC(=O)[C@@H](Cc2ccccc2)NC(=O)[C@H](COCc2ccccc2)NC(=O)[C@@H](NC(=O)[C@@H](N)CCCN=C(N)N)CC(=O)NCCCC[C@@H](C(=O)O)NC(=O)[C@H](Cc2c[nH]c3ccccc23)CC1=O. The minimum absolute atomic E-state index is 0.0142. The van der Waals surface area contributed by atoms with Crippen molar-refractivity contribution < 1.29 is 48.2 Å². The molecule has 0 saturated carbocycles. The summed E-state index contributed by atoms with van der Waals surface area (Å²) in [5, 5.41) is 24.4. The van der Waals surface area contributed by atoms with E-state index in [4.69, 9.17) is 33.4 Å². The van der Waals surface area contributed by atoms with Crippen LogP contribution in [-0.2, 0) is 62.5 Å². The molecule has 1 saturated heterocycles. The van der Waals surface area contributed by atoms with Crippen LogP contribution in [0, 0.1) is 11.8 Å². The number of nitrogens with two attached hydrogens (primary N) is 5. The Morgan fingerprint density at radius 3 is 2.03 bits per heavy atom. The molecule has 77 heavy (non-hydrogen) atoms. The van der Waals surface area contributed by atoms with Crippen molar-refractivity contribution in [3.8, 4) is 0 Å². The lowest BCUT2D eigenvalue weighted by molar-refractivity contribution is -0.143. The summed E-state index contributed by atoms with van der Waals surface area (Å²) in [6.07, 6.45) is 1.47. The van der Waals surface area contributed by atoms with Gasteiger partial charge in [0, 0.05) is 61.4 Å². The molecule has 4 aromatic rings. The Kier molecular flexibility index (Phi) is 24.0. The zero-order chi connectivity index (χ0) is 55.7. The minimum atomic E-state index is -1.59. The van der Waals surface area contributed by atoms with Crippen LogP contribution in [0.1, 0.15) is 80.9 Å². The first-order chi connectivity index (χ1) is 37.0. The van der Waals surface area contributed by atoms with Crippen LogP contribution in [0.2, 0.25) is 0 Å². The van der Waals surface area contributed by atoms with Gasteiger partial charge in [0.25, 0.3) is 0 Å². The van der Waals surface area contributed by atoms with E-state index in [1.807, 2.05) is 30.3 Å². The first-order valence-corrected chi connectivity index (χ1v) is 25.8. The second kappa shape index (κ2) is 31.0. The zero-order valence-corrected chi connectivity index (χ0v) is 43.1. The third-order valence-electron chi connectivity index (χ3n) is 13.1. The van der Waals surface area contributed by atoms with Crippen molar-refractivity contribution >= 4 is 69.9 Å². The Balaban J connectivity index is 1.53. The molecular formula is C54H73N13O10. The number of hydrogen-bond donors (Lipinski definition) is 12. The first kappa shape index (κ1) is 59.7. The van der Waals surface area contributed by atoms with Gasteiger partial charge in [-0.25, -0.2) is 4.79 Å². The quantitative estimate of drug-likeness (QED) is 0.0345. The highest BCUT2D eigenvalue weighted by Gasteiger charge is 2.35. The van der Waals surface area contributed by atoms with Crippen molar-refractivity contribution in [2.45, 2.75) is 114 Å². The van der Waals surface area contributed by atoms with E-state index in [-0.39, 0.29) is 95.9 Å². The van der Waals surface area contributed by atoms with Crippen molar-refractivity contribution in [1.29, 1.82) is 0 Å². The average Bonchev–Trinajstić information content (AvgIpc) is 3.81. The zero-order valence-electron chi connectivity index (χ0n) is 43.1. The van der Waals surface area contributed by atoms with Crippen LogP contribution in [-0.4, -0.2) is 126 Å². The van der Waals surface area contributed by atoms with Gasteiger partial charge in [-0.3, -0.25) is 43.5 Å². The lowest BCUT2D eigenvalue weighted by Crippen LogP contribution is -2.59. The number of aliphatic imine (C=N–C) groups is 2. The third kappa shape index (κ3) is 20.5. The first-order valence-electron chi connectivity index (χ1n) is 25.8. The summed E-state index contributed by atoms with van der Waals surface area (Å²) in [5.41, 5.74) is 31.2. The van der Waals surface area contributed by atoms with Crippen molar-refractivity contribution in [1.82, 2.24) is 31.6 Å². The Morgan fingerprint density at radius 2 is 1.34 bits per heavy atom. The maximum Gasteiger partial charge on any atom is 0.326 e. The van der Waals surface area contributed by atoms with Crippen LogP contribution < -0.4 is 55.3 Å². The number of nitrogens with one attached hydrogen (secondary N) is 6. The summed E-state index contributed by atoms with van der Waals surface area (Å²) in [7, 11) is 0. The van der Waals surface area contributed by atoms with E-state index in [0.717, 1.165) is 16.5 Å². The van der Waals surface area contributed by atoms with Crippen LogP contribution in [0.25, 0.3) is 10.9 Å². The Labute approximate surface area is 446 Å². The van der Waals surface area contributed by atoms with Crippen molar-refractivity contribution in [2.24, 2.45) is 50.5 Å². The summed E-state index contributed by atoms with van der Waals surface area (Å²) in [4.78, 5) is 124. The number of aromatic nitrogens is 1. The van der Waals surface area contributed by atoms with Gasteiger partial charge < -0.3 is 70.1 Å². The molecule has 0 radical (unpaired) electrons. The van der Waals surface area contributed by atoms with Crippen molar-refractivity contribution in [3.05, 3.63) is 108 Å². The number of rotatable bonds is 19. The van der Waals surface area contributed by atoms with E-state index in [2.05, 4.69) is 41.6 Å². The van der Waals surface area contributed by atoms with Crippen LogP contribution in [0.3, 0.4) is 0 Å². The number of Topliss-reactive ketones (excluding diaryl/α,β-unsaturated/α-hetero) is 2. The fourth-order valence-electron chi connectivity index (χ4n) is 8.88. The Morgan fingerprint density at radius 1 is 0.701 bits per heavy atom. The molecule has 1 aromatic heterocycles. The van der Waals surface area contributed by atoms with Crippen LogP contribution >= 0.6 is 0 Å². The van der Waals surface area contributed by atoms with E-state index in [0.29, 0.717) is 17.5 Å². The number of carboxylic acids is 1. The van der Waals surface area contributed by atoms with E-state index >= 15 is 0 Å². The monoisotopic (exact) mass is 1060 g/mol. The number of hydrogen-bond acceptors (Lipinski definition) is 12. The van der Waals surface area contributed by atoms with Crippen LogP contribution in [0.15, 0.2) is 101 Å². The topological polar surface area (TPSA) is 397 Å². The molecular weight excluding hydrogens is 991 g/mol. The van der Waals surface area contributed by atoms with Crippen molar-refractivity contribution in [2.75, 3.05) is 26.2 Å². The highest BCUT2D eigenvalue weighted by molar-refractivity contribution is 5.98. The number of carbonyl (C=O) groups is 8. The molecule has 2 heterocycles. The van der Waals surface area contributed by atoms with E-state index < -0.39 is 109 Å². The number of carboxylic acid groups (broad SMARTS) is 1. The van der Waals surface area contributed by atoms with Gasteiger partial charge >= 0.3 is 5.97 Å². The maximum absolute atomic E-state index is 14.9. The number of amides is 5. The molecule has 1 aliphatic heterocycles. The Bertz CT molecular complexity index is 2670. The number of guanidine groups is 2. The van der Waals surface area contributed by atoms with Crippen LogP contribution in [0.4, 0.5) is 0 Å². The van der Waals surface area contributed by atoms with Gasteiger partial charge in [-0.1, -0.05) is 78.9 Å². The van der Waals surface area contributed by atoms with Gasteiger partial charge in [-0.2, -0.15) is 0 Å². The normalized spacial score (nSPS) is 21.1. The number of nitrogens with zero attached hydrogens (tertiary/aromatic N) is 2. The molecule has 1 aliphatic rings. The molecule has 0 aliphatic carbocycles. The minimum Gasteiger partial charge on any atom is -0.480 e. The van der Waals surface area contributed by atoms with Crippen molar-refractivity contribution in [3.63, 3.8) is 0 Å². The number of para-hydroxylation sites is 1. The predicted octanol–water partition coefficient (Wildman–Crippen LogP) is 0.469. The molecule has 1 fully saturated rings. The lowest BCUT2D eigenvalue weighted by Gasteiger charge is -2.27. The maximum atomic E-state index is 14.9. The summed E-state index contributed by atoms with van der Waals surface area (Å²) in [6, 6.07) is 18.3. The molecule has 5 rings (SSSR count). The van der Waals surface area contributed by atoms with E-state index in [9.17, 15) is 43.5 Å². The van der Waals surface area contributed by atoms with Gasteiger partial charge in [-0.15, -0.1) is 0 Å². The molecule has 3 aromatic carbocycles. The number of ether oxygens (including phenoxy) is 1. The molecule has 23 heteroatoms.